The lowest BCUT2D eigenvalue weighted by molar-refractivity contribution is -0.384. The number of hydrogen-bond acceptors (Lipinski definition) is 6. The summed E-state index contributed by atoms with van der Waals surface area (Å²) in [6.45, 7) is 1.88. The van der Waals surface area contributed by atoms with Gasteiger partial charge in [-0.15, -0.1) is 11.8 Å². The zero-order valence-corrected chi connectivity index (χ0v) is 17.2. The van der Waals surface area contributed by atoms with Crippen molar-refractivity contribution in [3.05, 3.63) is 98.6 Å². The van der Waals surface area contributed by atoms with Gasteiger partial charge in [-0.3, -0.25) is 24.5 Å². The first-order valence-corrected chi connectivity index (χ1v) is 10.4. The van der Waals surface area contributed by atoms with Crippen LogP contribution in [-0.4, -0.2) is 28.1 Å². The van der Waals surface area contributed by atoms with E-state index in [1.165, 1.54) is 42.1 Å². The lowest BCUT2D eigenvalue weighted by atomic mass is 9.83. The maximum absolute atomic E-state index is 13.2. The van der Waals surface area contributed by atoms with Crippen LogP contribution in [0.25, 0.3) is 0 Å². The van der Waals surface area contributed by atoms with Crippen LogP contribution in [0.1, 0.15) is 49.1 Å². The summed E-state index contributed by atoms with van der Waals surface area (Å²) in [6, 6.07) is 15.2. The highest BCUT2D eigenvalue weighted by atomic mass is 32.2. The van der Waals surface area contributed by atoms with Gasteiger partial charge in [-0.2, -0.15) is 0 Å². The standard InChI is InChI=1S/C23H16N2O5S/c1-2-31-22-18(23(28)24-13-6-5-7-14(12-13)25(29)30)11-10-17-19(22)21(27)16-9-4-3-8-15(16)20(17)26/h3-12H,2H2,1H3,(H,24,28). The predicted octanol–water partition coefficient (Wildman–Crippen LogP) is 4.73. The van der Waals surface area contributed by atoms with Crippen LogP contribution in [-0.2, 0) is 0 Å². The number of carbonyl (C=O) groups excluding carboxylic acids is 3. The molecule has 0 atom stereocenters. The van der Waals surface area contributed by atoms with Gasteiger partial charge in [-0.25, -0.2) is 0 Å². The number of amides is 1. The largest absolute Gasteiger partial charge is 0.322 e. The Hall–Kier alpha value is -3.78. The molecule has 4 rings (SSSR count). The normalized spacial score (nSPS) is 12.2. The van der Waals surface area contributed by atoms with Gasteiger partial charge in [0.15, 0.2) is 11.6 Å². The molecule has 0 radical (unpaired) electrons. The van der Waals surface area contributed by atoms with E-state index in [1.807, 2.05) is 6.92 Å². The number of rotatable bonds is 5. The Morgan fingerprint density at radius 1 is 0.968 bits per heavy atom. The van der Waals surface area contributed by atoms with Crippen LogP contribution >= 0.6 is 11.8 Å². The molecule has 0 unspecified atom stereocenters. The zero-order chi connectivity index (χ0) is 22.1. The van der Waals surface area contributed by atoms with Gasteiger partial charge in [-0.05, 0) is 24.0 Å². The van der Waals surface area contributed by atoms with Crippen molar-refractivity contribution >= 4 is 40.6 Å². The van der Waals surface area contributed by atoms with Crippen molar-refractivity contribution in [1.82, 2.24) is 0 Å². The molecule has 3 aromatic carbocycles. The summed E-state index contributed by atoms with van der Waals surface area (Å²) < 4.78 is 0. The van der Waals surface area contributed by atoms with Gasteiger partial charge in [0.25, 0.3) is 11.6 Å². The molecule has 3 aromatic rings. The summed E-state index contributed by atoms with van der Waals surface area (Å²) in [6.07, 6.45) is 0. The van der Waals surface area contributed by atoms with Crippen LogP contribution in [0.5, 0.6) is 0 Å². The van der Waals surface area contributed by atoms with Gasteiger partial charge in [0.05, 0.1) is 10.5 Å². The first kappa shape index (κ1) is 20.5. The number of anilines is 1. The number of nitro benzene ring substituents is 1. The van der Waals surface area contributed by atoms with Crippen LogP contribution < -0.4 is 5.32 Å². The average Bonchev–Trinajstić information content (AvgIpc) is 2.77. The van der Waals surface area contributed by atoms with Crippen LogP contribution in [0.4, 0.5) is 11.4 Å². The fourth-order valence-corrected chi connectivity index (χ4v) is 4.48. The molecule has 7 nitrogen and oxygen atoms in total. The number of carbonyl (C=O) groups is 3. The number of thioether (sulfide) groups is 1. The minimum atomic E-state index is -0.547. The quantitative estimate of drug-likeness (QED) is 0.277. The smallest absolute Gasteiger partial charge is 0.271 e. The molecule has 31 heavy (non-hydrogen) atoms. The minimum Gasteiger partial charge on any atom is -0.322 e. The number of hydrogen-bond donors (Lipinski definition) is 1. The molecule has 0 saturated heterocycles. The van der Waals surface area contributed by atoms with E-state index in [-0.39, 0.29) is 39.6 Å². The number of ketones is 2. The average molecular weight is 432 g/mol. The third-order valence-corrected chi connectivity index (χ3v) is 5.90. The maximum atomic E-state index is 13.2. The Balaban J connectivity index is 1.79. The molecular formula is C23H16N2O5S. The van der Waals surface area contributed by atoms with Crippen molar-refractivity contribution < 1.29 is 19.3 Å². The molecule has 0 aromatic heterocycles. The fourth-order valence-electron chi connectivity index (χ4n) is 3.52. The Morgan fingerprint density at radius 3 is 2.35 bits per heavy atom. The molecule has 1 N–H and O–H groups in total. The first-order chi connectivity index (χ1) is 14.9. The van der Waals surface area contributed by atoms with E-state index in [4.69, 9.17) is 0 Å². The molecular weight excluding hydrogens is 416 g/mol. The van der Waals surface area contributed by atoms with Crippen molar-refractivity contribution in [1.29, 1.82) is 0 Å². The summed E-state index contributed by atoms with van der Waals surface area (Å²) in [4.78, 5) is 50.1. The Kier molecular flexibility index (Phi) is 5.39. The van der Waals surface area contributed by atoms with Gasteiger partial charge in [0.2, 0.25) is 0 Å². The zero-order valence-electron chi connectivity index (χ0n) is 16.4. The Labute approximate surface area is 181 Å². The van der Waals surface area contributed by atoms with Gasteiger partial charge in [0, 0.05) is 45.0 Å². The van der Waals surface area contributed by atoms with E-state index in [1.54, 1.807) is 30.3 Å². The third-order valence-electron chi connectivity index (χ3n) is 4.89. The van der Waals surface area contributed by atoms with E-state index < -0.39 is 10.8 Å². The van der Waals surface area contributed by atoms with Gasteiger partial charge in [0.1, 0.15) is 0 Å². The number of nitrogens with zero attached hydrogens (tertiary/aromatic N) is 1. The highest BCUT2D eigenvalue weighted by Gasteiger charge is 2.33. The van der Waals surface area contributed by atoms with Crippen molar-refractivity contribution in [2.45, 2.75) is 11.8 Å². The summed E-state index contributed by atoms with van der Waals surface area (Å²) >= 11 is 1.30. The van der Waals surface area contributed by atoms with E-state index in [2.05, 4.69) is 5.32 Å². The second-order valence-corrected chi connectivity index (χ2v) is 8.04. The molecule has 0 bridgehead atoms. The number of benzene rings is 3. The maximum Gasteiger partial charge on any atom is 0.271 e. The van der Waals surface area contributed by atoms with Crippen LogP contribution in [0.15, 0.2) is 65.6 Å². The Bertz CT molecular complexity index is 1270. The fraction of sp³-hybridized carbons (Fsp3) is 0.0870. The summed E-state index contributed by atoms with van der Waals surface area (Å²) in [5, 5.41) is 13.6. The highest BCUT2D eigenvalue weighted by molar-refractivity contribution is 7.99. The van der Waals surface area contributed by atoms with E-state index >= 15 is 0 Å². The minimum absolute atomic E-state index is 0.149. The summed E-state index contributed by atoms with van der Waals surface area (Å²) in [5.41, 5.74) is 1.50. The van der Waals surface area contributed by atoms with E-state index in [0.717, 1.165) is 0 Å². The molecule has 1 aliphatic rings. The molecule has 0 aliphatic heterocycles. The molecule has 0 heterocycles. The number of non-ortho nitro benzene ring substituents is 1. The van der Waals surface area contributed by atoms with E-state index in [0.29, 0.717) is 21.8 Å². The topological polar surface area (TPSA) is 106 Å². The van der Waals surface area contributed by atoms with Crippen molar-refractivity contribution in [2.24, 2.45) is 0 Å². The van der Waals surface area contributed by atoms with Crippen LogP contribution in [0.2, 0.25) is 0 Å². The monoisotopic (exact) mass is 432 g/mol. The van der Waals surface area contributed by atoms with Gasteiger partial charge < -0.3 is 5.32 Å². The van der Waals surface area contributed by atoms with Crippen molar-refractivity contribution in [2.75, 3.05) is 11.1 Å². The van der Waals surface area contributed by atoms with Crippen molar-refractivity contribution in [3.63, 3.8) is 0 Å². The SMILES string of the molecule is CCSc1c(C(=O)Nc2cccc([N+](=O)[O-])c2)ccc2c1C(=O)c1ccccc1C2=O. The molecule has 0 saturated carbocycles. The second kappa shape index (κ2) is 8.16. The molecule has 154 valence electrons. The van der Waals surface area contributed by atoms with Gasteiger partial charge in [-0.1, -0.05) is 37.3 Å². The lowest BCUT2D eigenvalue weighted by Crippen LogP contribution is -2.24. The summed E-state index contributed by atoms with van der Waals surface area (Å²) in [5.74, 6) is -0.491. The third kappa shape index (κ3) is 3.62. The molecule has 1 amide bonds. The number of fused-ring (bicyclic) bond motifs is 2. The van der Waals surface area contributed by atoms with Crippen LogP contribution in [0.3, 0.4) is 0 Å². The Morgan fingerprint density at radius 2 is 1.68 bits per heavy atom. The van der Waals surface area contributed by atoms with Crippen molar-refractivity contribution in [3.8, 4) is 0 Å². The summed E-state index contributed by atoms with van der Waals surface area (Å²) in [7, 11) is 0. The van der Waals surface area contributed by atoms with Crippen LogP contribution in [0, 0.1) is 10.1 Å². The molecule has 0 spiro atoms. The molecule has 8 heteroatoms. The van der Waals surface area contributed by atoms with E-state index in [9.17, 15) is 24.5 Å². The first-order valence-electron chi connectivity index (χ1n) is 9.46. The number of nitro groups is 1. The second-order valence-electron chi connectivity index (χ2n) is 6.76. The van der Waals surface area contributed by atoms with Gasteiger partial charge >= 0.3 is 0 Å². The predicted molar refractivity (Wildman–Crippen MR) is 117 cm³/mol. The molecule has 1 aliphatic carbocycles. The lowest BCUT2D eigenvalue weighted by Gasteiger charge is -2.21. The number of nitrogens with one attached hydrogen (secondary N) is 1. The molecule has 0 fully saturated rings. The highest BCUT2D eigenvalue weighted by Crippen LogP contribution is 2.36.